The minimum absolute atomic E-state index is 0.112. The summed E-state index contributed by atoms with van der Waals surface area (Å²) < 4.78 is 16.5. The van der Waals surface area contributed by atoms with E-state index in [4.69, 9.17) is 14.2 Å². The fraction of sp³-hybridized carbons (Fsp3) is 0.864. The third kappa shape index (κ3) is 2.42. The molecule has 6 bridgehead atoms. The number of hydrogen-bond acceptors (Lipinski definition) is 7. The van der Waals surface area contributed by atoms with Crippen LogP contribution in [0.3, 0.4) is 0 Å². The predicted molar refractivity (Wildman–Crippen MR) is 97.0 cm³/mol. The molecule has 0 aromatic carbocycles. The summed E-state index contributed by atoms with van der Waals surface area (Å²) >= 11 is 0. The summed E-state index contributed by atoms with van der Waals surface area (Å²) in [5.41, 5.74) is -0.456. The fourth-order valence-corrected chi connectivity index (χ4v) is 8.13. The number of aliphatic hydroxyl groups is 1. The van der Waals surface area contributed by atoms with Gasteiger partial charge in [0.15, 0.2) is 6.61 Å². The average molecular weight is 404 g/mol. The van der Waals surface area contributed by atoms with E-state index < -0.39 is 54.2 Å². The molecule has 6 atom stereocenters. The van der Waals surface area contributed by atoms with Crippen LogP contribution >= 0.6 is 0 Å². The number of hydrogen-bond donors (Lipinski definition) is 1. The van der Waals surface area contributed by atoms with E-state index in [0.717, 1.165) is 37.5 Å². The number of aliphatic hydroxyl groups excluding tert-OH is 1. The molecule has 0 spiro atoms. The van der Waals surface area contributed by atoms with E-state index in [2.05, 4.69) is 6.92 Å². The van der Waals surface area contributed by atoms with Gasteiger partial charge in [0.2, 0.25) is 0 Å². The van der Waals surface area contributed by atoms with Crippen molar-refractivity contribution in [3.05, 3.63) is 0 Å². The van der Waals surface area contributed by atoms with Gasteiger partial charge in [-0.15, -0.1) is 0 Å². The van der Waals surface area contributed by atoms with Crippen molar-refractivity contribution in [2.75, 3.05) is 6.61 Å². The summed E-state index contributed by atoms with van der Waals surface area (Å²) in [5, 5.41) is 10.3. The van der Waals surface area contributed by atoms with Crippen LogP contribution in [0.2, 0.25) is 0 Å². The zero-order valence-corrected chi connectivity index (χ0v) is 16.6. The van der Waals surface area contributed by atoms with Crippen LogP contribution in [0, 0.1) is 47.3 Å². The van der Waals surface area contributed by atoms with Gasteiger partial charge in [-0.25, -0.2) is 4.79 Å². The van der Waals surface area contributed by atoms with Crippen molar-refractivity contribution in [3.8, 4) is 0 Å². The van der Waals surface area contributed by atoms with E-state index >= 15 is 0 Å². The highest BCUT2D eigenvalue weighted by Crippen LogP contribution is 2.60. The van der Waals surface area contributed by atoms with Crippen LogP contribution in [0.1, 0.15) is 45.4 Å². The molecule has 6 aliphatic carbocycles. The molecule has 0 aromatic heterocycles. The van der Waals surface area contributed by atoms with Crippen LogP contribution < -0.4 is 0 Å². The van der Waals surface area contributed by atoms with Crippen molar-refractivity contribution in [2.24, 2.45) is 47.3 Å². The molecule has 0 radical (unpaired) electrons. The quantitative estimate of drug-likeness (QED) is 0.559. The summed E-state index contributed by atoms with van der Waals surface area (Å²) in [6.07, 6.45) is 5.14. The molecule has 0 aromatic rings. The maximum Gasteiger partial charge on any atom is 0.344 e. The van der Waals surface area contributed by atoms with Gasteiger partial charge in [-0.1, -0.05) is 0 Å². The second-order valence-corrected chi connectivity index (χ2v) is 10.6. The van der Waals surface area contributed by atoms with Crippen molar-refractivity contribution in [1.82, 2.24) is 0 Å². The lowest BCUT2D eigenvalue weighted by atomic mass is 9.50. The lowest BCUT2D eigenvalue weighted by Crippen LogP contribution is -2.58. The Morgan fingerprint density at radius 1 is 1.07 bits per heavy atom. The Kier molecular flexibility index (Phi) is 3.73. The Morgan fingerprint density at radius 3 is 2.38 bits per heavy atom. The number of carbonyl (C=O) groups excluding carboxylic acids is 3. The molecule has 7 rings (SSSR count). The first kappa shape index (κ1) is 18.2. The van der Waals surface area contributed by atoms with Gasteiger partial charge in [0.1, 0.15) is 11.7 Å². The van der Waals surface area contributed by atoms with E-state index in [1.807, 2.05) is 0 Å². The molecule has 1 aliphatic heterocycles. The van der Waals surface area contributed by atoms with Crippen LogP contribution in [0.4, 0.5) is 0 Å². The van der Waals surface area contributed by atoms with E-state index in [0.29, 0.717) is 18.3 Å². The van der Waals surface area contributed by atoms with E-state index in [9.17, 15) is 19.5 Å². The highest BCUT2D eigenvalue weighted by molar-refractivity contribution is 5.87. The van der Waals surface area contributed by atoms with Gasteiger partial charge < -0.3 is 19.3 Å². The first-order valence-electron chi connectivity index (χ1n) is 11.1. The third-order valence-corrected chi connectivity index (χ3v) is 9.27. The Bertz CT molecular complexity index is 747. The van der Waals surface area contributed by atoms with Crippen molar-refractivity contribution < 1.29 is 33.7 Å². The minimum Gasteiger partial charge on any atom is -0.459 e. The van der Waals surface area contributed by atoms with E-state index in [1.165, 1.54) is 6.42 Å². The third-order valence-electron chi connectivity index (χ3n) is 9.27. The van der Waals surface area contributed by atoms with Crippen LogP contribution in [0.5, 0.6) is 0 Å². The lowest BCUT2D eigenvalue weighted by molar-refractivity contribution is -0.207. The maximum absolute atomic E-state index is 12.7. The molecule has 7 heteroatoms. The molecule has 0 amide bonds. The number of carbonyl (C=O) groups is 3. The van der Waals surface area contributed by atoms with Crippen molar-refractivity contribution in [2.45, 2.75) is 63.3 Å². The van der Waals surface area contributed by atoms with Crippen molar-refractivity contribution in [3.63, 3.8) is 0 Å². The Morgan fingerprint density at radius 2 is 1.72 bits per heavy atom. The van der Waals surface area contributed by atoms with Gasteiger partial charge in [-0.3, -0.25) is 9.59 Å². The van der Waals surface area contributed by atoms with E-state index in [-0.39, 0.29) is 11.8 Å². The molecular weight excluding hydrogens is 376 g/mol. The summed E-state index contributed by atoms with van der Waals surface area (Å²) in [4.78, 5) is 37.4. The van der Waals surface area contributed by atoms with Gasteiger partial charge in [-0.2, -0.15) is 0 Å². The minimum atomic E-state index is -0.820. The number of fused-ring (bicyclic) bond motifs is 1. The topological polar surface area (TPSA) is 99.1 Å². The maximum atomic E-state index is 12.7. The van der Waals surface area contributed by atoms with Gasteiger partial charge in [0.05, 0.1) is 17.9 Å². The first-order chi connectivity index (χ1) is 13.8. The molecule has 158 valence electrons. The van der Waals surface area contributed by atoms with Crippen molar-refractivity contribution in [1.29, 1.82) is 0 Å². The second kappa shape index (κ2) is 5.96. The molecule has 1 heterocycles. The number of esters is 3. The summed E-state index contributed by atoms with van der Waals surface area (Å²) in [7, 11) is 0. The van der Waals surface area contributed by atoms with Crippen LogP contribution in [-0.2, 0) is 28.6 Å². The highest BCUT2D eigenvalue weighted by atomic mass is 16.6. The Labute approximate surface area is 169 Å². The second-order valence-electron chi connectivity index (χ2n) is 10.6. The lowest BCUT2D eigenvalue weighted by Gasteiger charge is -2.59. The molecular formula is C22H28O7. The molecule has 6 unspecified atom stereocenters. The highest BCUT2D eigenvalue weighted by Gasteiger charge is 2.68. The van der Waals surface area contributed by atoms with Gasteiger partial charge in [-0.05, 0) is 69.1 Å². The van der Waals surface area contributed by atoms with Gasteiger partial charge in [0.25, 0.3) is 0 Å². The molecule has 1 saturated heterocycles. The SMILES string of the molecule is CC1(OC(=O)COC(=O)C2C3CC4C(OC(=O)C42)C3O)C2CC3CC(C2)CC1C3. The average Bonchev–Trinajstić information content (AvgIpc) is 3.28. The zero-order chi connectivity index (χ0) is 20.1. The van der Waals surface area contributed by atoms with Gasteiger partial charge in [0, 0.05) is 11.8 Å². The summed E-state index contributed by atoms with van der Waals surface area (Å²) in [5.74, 6) is -0.855. The predicted octanol–water partition coefficient (Wildman–Crippen LogP) is 1.46. The Hall–Kier alpha value is -1.63. The number of rotatable bonds is 4. The molecule has 7 aliphatic rings. The largest absolute Gasteiger partial charge is 0.459 e. The molecule has 7 fully saturated rings. The summed E-state index contributed by atoms with van der Waals surface area (Å²) in [6, 6.07) is 0. The smallest absolute Gasteiger partial charge is 0.344 e. The molecule has 29 heavy (non-hydrogen) atoms. The molecule has 1 N–H and O–H groups in total. The van der Waals surface area contributed by atoms with Crippen LogP contribution in [0.15, 0.2) is 0 Å². The molecule has 7 nitrogen and oxygen atoms in total. The van der Waals surface area contributed by atoms with Crippen molar-refractivity contribution >= 4 is 17.9 Å². The monoisotopic (exact) mass is 404 g/mol. The van der Waals surface area contributed by atoms with Crippen LogP contribution in [-0.4, -0.2) is 47.4 Å². The fourth-order valence-electron chi connectivity index (χ4n) is 8.13. The van der Waals surface area contributed by atoms with Crippen LogP contribution in [0.25, 0.3) is 0 Å². The van der Waals surface area contributed by atoms with Gasteiger partial charge >= 0.3 is 17.9 Å². The molecule has 6 saturated carbocycles. The Balaban J connectivity index is 1.09. The number of ether oxygens (including phenoxy) is 3. The van der Waals surface area contributed by atoms with E-state index in [1.54, 1.807) is 0 Å². The standard InChI is InChI=1S/C22H28O7/c1-22(11-3-9-2-10(5-11)6-12(22)4-9)29-15(23)8-27-20(25)16-13-7-14-17(16)21(26)28-19(14)18(13)24/h9-14,16-19,24H,2-8H2,1H3. The first-order valence-corrected chi connectivity index (χ1v) is 11.1. The zero-order valence-electron chi connectivity index (χ0n) is 16.6. The summed E-state index contributed by atoms with van der Waals surface area (Å²) in [6.45, 7) is 1.62. The normalized spacial score (nSPS) is 53.2.